The van der Waals surface area contributed by atoms with E-state index in [9.17, 15) is 14.7 Å². The molecule has 3 N–H and O–H groups in total. The highest BCUT2D eigenvalue weighted by molar-refractivity contribution is 5.88. The molecular formula is C12H22N2O4. The molecule has 1 rings (SSSR count). The predicted molar refractivity (Wildman–Crippen MR) is 65.6 cm³/mol. The van der Waals surface area contributed by atoms with Gasteiger partial charge in [0.2, 0.25) is 5.91 Å². The molecular weight excluding hydrogens is 236 g/mol. The molecule has 104 valence electrons. The lowest BCUT2D eigenvalue weighted by Gasteiger charge is -2.26. The van der Waals surface area contributed by atoms with Crippen LogP contribution in [0.1, 0.15) is 26.7 Å². The number of esters is 1. The first kappa shape index (κ1) is 14.9. The number of β-amino-alcohol motifs (C(OH)–C–C–N with tert-alkyl or cyclic N) is 1. The van der Waals surface area contributed by atoms with Gasteiger partial charge in [0.25, 0.3) is 0 Å². The van der Waals surface area contributed by atoms with Crippen molar-refractivity contribution < 1.29 is 19.4 Å². The Hall–Kier alpha value is -1.14. The van der Waals surface area contributed by atoms with Gasteiger partial charge in [0.05, 0.1) is 19.3 Å². The van der Waals surface area contributed by atoms with E-state index >= 15 is 0 Å². The van der Waals surface area contributed by atoms with E-state index in [4.69, 9.17) is 5.73 Å². The highest BCUT2D eigenvalue weighted by Gasteiger charge is 2.41. The molecule has 1 heterocycles. The summed E-state index contributed by atoms with van der Waals surface area (Å²) >= 11 is 0. The molecule has 6 heteroatoms. The van der Waals surface area contributed by atoms with E-state index in [1.165, 1.54) is 12.0 Å². The normalized spacial score (nSPS) is 25.3. The third kappa shape index (κ3) is 3.43. The van der Waals surface area contributed by atoms with Crippen molar-refractivity contribution in [3.8, 4) is 0 Å². The number of ether oxygens (including phenoxy) is 1. The van der Waals surface area contributed by atoms with Gasteiger partial charge in [-0.25, -0.2) is 4.79 Å². The highest BCUT2D eigenvalue weighted by atomic mass is 16.5. The van der Waals surface area contributed by atoms with Gasteiger partial charge in [-0.15, -0.1) is 0 Å². The second-order valence-electron chi connectivity index (χ2n) is 5.16. The Balaban J connectivity index is 2.73. The summed E-state index contributed by atoms with van der Waals surface area (Å²) in [6, 6.07) is -1.35. The number of hydrogen-bond acceptors (Lipinski definition) is 5. The monoisotopic (exact) mass is 258 g/mol. The molecule has 0 saturated carbocycles. The van der Waals surface area contributed by atoms with Crippen LogP contribution in [-0.2, 0) is 14.3 Å². The van der Waals surface area contributed by atoms with Gasteiger partial charge in [-0.1, -0.05) is 13.8 Å². The number of carbonyl (C=O) groups is 2. The summed E-state index contributed by atoms with van der Waals surface area (Å²) < 4.78 is 4.64. The van der Waals surface area contributed by atoms with Gasteiger partial charge in [-0.2, -0.15) is 0 Å². The number of amides is 1. The Morgan fingerprint density at radius 2 is 2.11 bits per heavy atom. The first-order valence-electron chi connectivity index (χ1n) is 6.18. The van der Waals surface area contributed by atoms with Crippen molar-refractivity contribution in [3.05, 3.63) is 0 Å². The van der Waals surface area contributed by atoms with E-state index in [2.05, 4.69) is 4.74 Å². The second-order valence-corrected chi connectivity index (χ2v) is 5.16. The molecule has 0 radical (unpaired) electrons. The van der Waals surface area contributed by atoms with E-state index in [1.807, 2.05) is 13.8 Å². The van der Waals surface area contributed by atoms with Crippen LogP contribution in [0.4, 0.5) is 0 Å². The number of aliphatic hydroxyl groups is 1. The van der Waals surface area contributed by atoms with Crippen LogP contribution < -0.4 is 5.73 Å². The van der Waals surface area contributed by atoms with Gasteiger partial charge in [-0.05, 0) is 12.3 Å². The summed E-state index contributed by atoms with van der Waals surface area (Å²) in [5.41, 5.74) is 5.82. The van der Waals surface area contributed by atoms with Crippen LogP contribution in [0.5, 0.6) is 0 Å². The lowest BCUT2D eigenvalue weighted by molar-refractivity contribution is -0.151. The zero-order chi connectivity index (χ0) is 13.9. The van der Waals surface area contributed by atoms with Crippen LogP contribution in [0.2, 0.25) is 0 Å². The first-order valence-corrected chi connectivity index (χ1v) is 6.18. The standard InChI is InChI=1S/C12H22N2O4/c1-7(2)4-9(13)11(16)14-6-8(15)5-10(14)12(17)18-3/h7-10,15H,4-6,13H2,1-3H3/t8-,9+,10+/m1/s1. The molecule has 0 aromatic rings. The Labute approximate surface area is 107 Å². The number of nitrogens with two attached hydrogens (primary N) is 1. The number of rotatable bonds is 4. The molecule has 0 aromatic heterocycles. The van der Waals surface area contributed by atoms with Gasteiger partial charge in [0.15, 0.2) is 0 Å². The van der Waals surface area contributed by atoms with Crippen LogP contribution >= 0.6 is 0 Å². The maximum atomic E-state index is 12.1. The molecule has 1 aliphatic heterocycles. The van der Waals surface area contributed by atoms with Gasteiger partial charge in [0.1, 0.15) is 6.04 Å². The highest BCUT2D eigenvalue weighted by Crippen LogP contribution is 2.21. The Morgan fingerprint density at radius 3 is 2.61 bits per heavy atom. The zero-order valence-corrected chi connectivity index (χ0v) is 11.1. The molecule has 6 nitrogen and oxygen atoms in total. The minimum Gasteiger partial charge on any atom is -0.467 e. The molecule has 3 atom stereocenters. The Kier molecular flexibility index (Phi) is 5.10. The lowest BCUT2D eigenvalue weighted by Crippen LogP contribution is -2.49. The molecule has 0 unspecified atom stereocenters. The number of nitrogens with zero attached hydrogens (tertiary/aromatic N) is 1. The molecule has 18 heavy (non-hydrogen) atoms. The van der Waals surface area contributed by atoms with Crippen molar-refractivity contribution in [1.29, 1.82) is 0 Å². The van der Waals surface area contributed by atoms with Crippen molar-refractivity contribution >= 4 is 11.9 Å². The average molecular weight is 258 g/mol. The van der Waals surface area contributed by atoms with Crippen molar-refractivity contribution in [3.63, 3.8) is 0 Å². The molecule has 1 fully saturated rings. The van der Waals surface area contributed by atoms with Crippen molar-refractivity contribution in [1.82, 2.24) is 4.90 Å². The summed E-state index contributed by atoms with van der Waals surface area (Å²) in [6.45, 7) is 4.10. The van der Waals surface area contributed by atoms with Crippen molar-refractivity contribution in [2.45, 2.75) is 44.9 Å². The topological polar surface area (TPSA) is 92.9 Å². The largest absolute Gasteiger partial charge is 0.467 e. The number of carbonyl (C=O) groups excluding carboxylic acids is 2. The summed E-state index contributed by atoms with van der Waals surface area (Å²) in [5.74, 6) is -0.500. The van der Waals surface area contributed by atoms with E-state index in [0.29, 0.717) is 12.3 Å². The number of hydrogen-bond donors (Lipinski definition) is 2. The first-order chi connectivity index (χ1) is 8.36. The number of methoxy groups -OCH3 is 1. The summed E-state index contributed by atoms with van der Waals surface area (Å²) in [5, 5.41) is 9.58. The van der Waals surface area contributed by atoms with Crippen LogP contribution in [-0.4, -0.2) is 53.7 Å². The number of aliphatic hydroxyl groups excluding tert-OH is 1. The predicted octanol–water partition coefficient (Wildman–Crippen LogP) is -0.505. The van der Waals surface area contributed by atoms with Crippen LogP contribution in [0.25, 0.3) is 0 Å². The quantitative estimate of drug-likeness (QED) is 0.663. The summed E-state index contributed by atoms with van der Waals surface area (Å²) in [7, 11) is 1.27. The minimum atomic E-state index is -0.712. The summed E-state index contributed by atoms with van der Waals surface area (Å²) in [6.07, 6.45) is 0.0795. The SMILES string of the molecule is COC(=O)[C@@H]1C[C@@H](O)CN1C(=O)[C@@H](N)CC(C)C. The van der Waals surface area contributed by atoms with E-state index < -0.39 is 24.2 Å². The fourth-order valence-corrected chi connectivity index (χ4v) is 2.24. The van der Waals surface area contributed by atoms with Gasteiger partial charge in [0, 0.05) is 13.0 Å². The van der Waals surface area contributed by atoms with E-state index in [-0.39, 0.29) is 18.9 Å². The van der Waals surface area contributed by atoms with E-state index in [1.54, 1.807) is 0 Å². The molecule has 0 spiro atoms. The maximum absolute atomic E-state index is 12.1. The fourth-order valence-electron chi connectivity index (χ4n) is 2.24. The molecule has 0 bridgehead atoms. The van der Waals surface area contributed by atoms with Crippen molar-refractivity contribution in [2.24, 2.45) is 11.7 Å². The van der Waals surface area contributed by atoms with Gasteiger partial charge in [-0.3, -0.25) is 4.79 Å². The van der Waals surface area contributed by atoms with Crippen LogP contribution in [0, 0.1) is 5.92 Å². The Bertz CT molecular complexity index is 319. The van der Waals surface area contributed by atoms with Gasteiger partial charge < -0.3 is 20.5 Å². The molecule has 1 amide bonds. The molecule has 1 saturated heterocycles. The zero-order valence-electron chi connectivity index (χ0n) is 11.1. The minimum absolute atomic E-state index is 0.143. The van der Waals surface area contributed by atoms with Crippen LogP contribution in [0.3, 0.4) is 0 Å². The van der Waals surface area contributed by atoms with E-state index in [0.717, 1.165) is 0 Å². The van der Waals surface area contributed by atoms with Crippen LogP contribution in [0.15, 0.2) is 0 Å². The fraction of sp³-hybridized carbons (Fsp3) is 0.833. The van der Waals surface area contributed by atoms with Gasteiger partial charge >= 0.3 is 5.97 Å². The second kappa shape index (κ2) is 6.15. The smallest absolute Gasteiger partial charge is 0.328 e. The Morgan fingerprint density at radius 1 is 1.50 bits per heavy atom. The molecule has 1 aliphatic rings. The van der Waals surface area contributed by atoms with Crippen molar-refractivity contribution in [2.75, 3.05) is 13.7 Å². The summed E-state index contributed by atoms with van der Waals surface area (Å²) in [4.78, 5) is 25.0. The average Bonchev–Trinajstić information content (AvgIpc) is 2.68. The number of likely N-dealkylation sites (tertiary alicyclic amines) is 1. The third-order valence-electron chi connectivity index (χ3n) is 3.08. The third-order valence-corrected chi connectivity index (χ3v) is 3.08. The lowest BCUT2D eigenvalue weighted by atomic mass is 10.0. The molecule has 0 aromatic carbocycles. The maximum Gasteiger partial charge on any atom is 0.328 e. The molecule has 0 aliphatic carbocycles.